The van der Waals surface area contributed by atoms with Crippen molar-refractivity contribution in [3.05, 3.63) is 23.0 Å². The van der Waals surface area contributed by atoms with Gasteiger partial charge in [0.2, 0.25) is 5.95 Å². The van der Waals surface area contributed by atoms with Crippen LogP contribution in [0.5, 0.6) is 0 Å². The predicted molar refractivity (Wildman–Crippen MR) is 103 cm³/mol. The van der Waals surface area contributed by atoms with E-state index in [1.54, 1.807) is 5.57 Å². The van der Waals surface area contributed by atoms with E-state index in [2.05, 4.69) is 36.8 Å². The molecule has 3 N–H and O–H groups in total. The van der Waals surface area contributed by atoms with Gasteiger partial charge in [-0.1, -0.05) is 19.4 Å². The zero-order valence-electron chi connectivity index (χ0n) is 16.3. The van der Waals surface area contributed by atoms with E-state index in [-0.39, 0.29) is 10.8 Å². The van der Waals surface area contributed by atoms with Gasteiger partial charge in [0, 0.05) is 6.20 Å². The van der Waals surface area contributed by atoms with E-state index in [9.17, 15) is 5.11 Å². The minimum absolute atomic E-state index is 0.0931. The molecular weight excluding hydrogens is 322 g/mol. The summed E-state index contributed by atoms with van der Waals surface area (Å²) in [6.45, 7) is 6.92. The molecule has 4 aliphatic carbocycles. The number of aromatic nitrogens is 2. The van der Waals surface area contributed by atoms with Crippen molar-refractivity contribution >= 4 is 12.0 Å². The molecular formula is C22H31N3O. The molecule has 4 heteroatoms. The van der Waals surface area contributed by atoms with E-state index < -0.39 is 5.60 Å². The molecule has 0 saturated heterocycles. The molecule has 3 saturated carbocycles. The highest BCUT2D eigenvalue weighted by Crippen LogP contribution is 2.67. The highest BCUT2D eigenvalue weighted by Gasteiger charge is 2.62. The molecule has 6 atom stereocenters. The Labute approximate surface area is 156 Å². The lowest BCUT2D eigenvalue weighted by Gasteiger charge is -2.59. The second-order valence-corrected chi connectivity index (χ2v) is 10.1. The number of hydrogen-bond acceptors (Lipinski definition) is 4. The van der Waals surface area contributed by atoms with Crippen LogP contribution < -0.4 is 5.73 Å². The van der Waals surface area contributed by atoms with Crippen LogP contribution in [0.4, 0.5) is 5.95 Å². The van der Waals surface area contributed by atoms with E-state index >= 15 is 0 Å². The molecule has 4 nitrogen and oxygen atoms in total. The third-order valence-electron chi connectivity index (χ3n) is 9.08. The molecule has 1 aromatic rings. The van der Waals surface area contributed by atoms with E-state index in [4.69, 9.17) is 5.73 Å². The van der Waals surface area contributed by atoms with E-state index in [0.29, 0.717) is 17.8 Å². The Morgan fingerprint density at radius 1 is 1.12 bits per heavy atom. The van der Waals surface area contributed by atoms with Crippen LogP contribution >= 0.6 is 0 Å². The summed E-state index contributed by atoms with van der Waals surface area (Å²) in [6, 6.07) is 0. The number of aliphatic hydroxyl groups is 1. The molecule has 0 aromatic carbocycles. The van der Waals surface area contributed by atoms with Crippen molar-refractivity contribution in [3.8, 4) is 0 Å². The second kappa shape index (κ2) is 5.09. The summed E-state index contributed by atoms with van der Waals surface area (Å²) in [5.41, 5.74) is 9.47. The summed E-state index contributed by atoms with van der Waals surface area (Å²) < 4.78 is 0. The molecule has 0 bridgehead atoms. The van der Waals surface area contributed by atoms with Gasteiger partial charge < -0.3 is 10.8 Å². The quantitative estimate of drug-likeness (QED) is 0.740. The standard InChI is InChI=1S/C22H31N3O/c1-20-11-13-12-24-19(23)25-18(13)10-14(20)4-5-15-16(20)6-8-21(2)17(15)7-9-22(21,3)26/h10,12,15-17,26H,4-9,11H2,1-3H3,(H2,23,24,25). The second-order valence-electron chi connectivity index (χ2n) is 10.1. The van der Waals surface area contributed by atoms with Crippen LogP contribution in [0.3, 0.4) is 0 Å². The first-order valence-electron chi connectivity index (χ1n) is 10.3. The van der Waals surface area contributed by atoms with Gasteiger partial charge in [0.15, 0.2) is 0 Å². The molecule has 0 amide bonds. The van der Waals surface area contributed by atoms with Crippen LogP contribution in [0.1, 0.15) is 70.6 Å². The Morgan fingerprint density at radius 3 is 2.69 bits per heavy atom. The summed E-state index contributed by atoms with van der Waals surface area (Å²) >= 11 is 0. The molecule has 5 rings (SSSR count). The Balaban J connectivity index is 1.53. The molecule has 1 aromatic heterocycles. The fraction of sp³-hybridized carbons (Fsp3) is 0.727. The summed E-state index contributed by atoms with van der Waals surface area (Å²) in [7, 11) is 0. The molecule has 0 radical (unpaired) electrons. The van der Waals surface area contributed by atoms with Crippen LogP contribution in [0.2, 0.25) is 0 Å². The van der Waals surface area contributed by atoms with Gasteiger partial charge in [-0.2, -0.15) is 0 Å². The largest absolute Gasteiger partial charge is 0.390 e. The number of fused-ring (bicyclic) bond motifs is 6. The Morgan fingerprint density at radius 2 is 1.88 bits per heavy atom. The van der Waals surface area contributed by atoms with Gasteiger partial charge in [0.1, 0.15) is 0 Å². The topological polar surface area (TPSA) is 72.0 Å². The lowest BCUT2D eigenvalue weighted by molar-refractivity contribution is -0.116. The Hall–Kier alpha value is -1.42. The van der Waals surface area contributed by atoms with Gasteiger partial charge in [0.05, 0.1) is 11.3 Å². The summed E-state index contributed by atoms with van der Waals surface area (Å²) in [4.78, 5) is 8.73. The van der Waals surface area contributed by atoms with E-state index in [1.807, 2.05) is 6.20 Å². The van der Waals surface area contributed by atoms with Gasteiger partial charge in [-0.3, -0.25) is 0 Å². The monoisotopic (exact) mass is 353 g/mol. The normalized spacial score (nSPS) is 46.6. The van der Waals surface area contributed by atoms with E-state index in [1.165, 1.54) is 24.8 Å². The molecule has 6 unspecified atom stereocenters. The number of hydrogen-bond donors (Lipinski definition) is 2. The summed E-state index contributed by atoms with van der Waals surface area (Å²) in [5, 5.41) is 11.1. The molecule has 1 heterocycles. The first kappa shape index (κ1) is 16.7. The van der Waals surface area contributed by atoms with Crippen molar-refractivity contribution in [3.63, 3.8) is 0 Å². The molecule has 0 aliphatic heterocycles. The molecule has 140 valence electrons. The number of nitrogens with zero attached hydrogens (tertiary/aromatic N) is 2. The number of allylic oxidation sites excluding steroid dienone is 1. The van der Waals surface area contributed by atoms with Crippen molar-refractivity contribution in [2.24, 2.45) is 28.6 Å². The molecule has 26 heavy (non-hydrogen) atoms. The molecule has 3 fully saturated rings. The first-order chi connectivity index (χ1) is 12.2. The Bertz CT molecular complexity index is 801. The van der Waals surface area contributed by atoms with Gasteiger partial charge in [-0.05, 0) is 92.1 Å². The summed E-state index contributed by atoms with van der Waals surface area (Å²) in [5.74, 6) is 2.49. The first-order valence-corrected chi connectivity index (χ1v) is 10.3. The highest BCUT2D eigenvalue weighted by atomic mass is 16.3. The minimum Gasteiger partial charge on any atom is -0.390 e. The lowest BCUT2D eigenvalue weighted by atomic mass is 9.46. The SMILES string of the molecule is CC12Cc3cnc(N)nc3C=C1CCC1C2CCC2(C)C1CCC2(C)O. The maximum absolute atomic E-state index is 11.1. The molecule has 4 aliphatic rings. The highest BCUT2D eigenvalue weighted by molar-refractivity contribution is 5.59. The van der Waals surface area contributed by atoms with Gasteiger partial charge in [-0.15, -0.1) is 0 Å². The van der Waals surface area contributed by atoms with Crippen molar-refractivity contribution < 1.29 is 5.11 Å². The van der Waals surface area contributed by atoms with Crippen molar-refractivity contribution in [2.75, 3.05) is 5.73 Å². The fourth-order valence-electron chi connectivity index (χ4n) is 7.31. The van der Waals surface area contributed by atoms with E-state index in [0.717, 1.165) is 37.3 Å². The average Bonchev–Trinajstić information content (AvgIpc) is 2.83. The third-order valence-corrected chi connectivity index (χ3v) is 9.08. The zero-order chi connectivity index (χ0) is 18.3. The van der Waals surface area contributed by atoms with Crippen LogP contribution in [0.25, 0.3) is 6.08 Å². The van der Waals surface area contributed by atoms with Crippen LogP contribution in [0, 0.1) is 28.6 Å². The van der Waals surface area contributed by atoms with Gasteiger partial charge in [-0.25, -0.2) is 9.97 Å². The average molecular weight is 354 g/mol. The van der Waals surface area contributed by atoms with Crippen LogP contribution in [-0.4, -0.2) is 20.7 Å². The van der Waals surface area contributed by atoms with Crippen molar-refractivity contribution in [2.45, 2.75) is 71.3 Å². The zero-order valence-corrected chi connectivity index (χ0v) is 16.3. The number of nitrogens with two attached hydrogens (primary N) is 1. The van der Waals surface area contributed by atoms with Crippen LogP contribution in [0.15, 0.2) is 11.8 Å². The van der Waals surface area contributed by atoms with Crippen molar-refractivity contribution in [1.29, 1.82) is 0 Å². The summed E-state index contributed by atoms with van der Waals surface area (Å²) in [6.07, 6.45) is 12.2. The Kier molecular flexibility index (Phi) is 3.28. The fourth-order valence-corrected chi connectivity index (χ4v) is 7.31. The lowest BCUT2D eigenvalue weighted by Crippen LogP contribution is -2.54. The van der Waals surface area contributed by atoms with Gasteiger partial charge in [0.25, 0.3) is 0 Å². The maximum atomic E-state index is 11.1. The molecule has 0 spiro atoms. The third kappa shape index (κ3) is 2.00. The predicted octanol–water partition coefficient (Wildman–Crippen LogP) is 3.99. The number of anilines is 1. The maximum Gasteiger partial charge on any atom is 0.220 e. The smallest absolute Gasteiger partial charge is 0.220 e. The van der Waals surface area contributed by atoms with Gasteiger partial charge >= 0.3 is 0 Å². The van der Waals surface area contributed by atoms with Crippen molar-refractivity contribution in [1.82, 2.24) is 9.97 Å². The van der Waals surface area contributed by atoms with Crippen LogP contribution in [-0.2, 0) is 6.42 Å². The number of nitrogen functional groups attached to an aromatic ring is 1. The number of rotatable bonds is 0. The minimum atomic E-state index is -0.496.